The highest BCUT2D eigenvalue weighted by Gasteiger charge is 2.31. The lowest BCUT2D eigenvalue weighted by Crippen LogP contribution is -2.46. The van der Waals surface area contributed by atoms with Gasteiger partial charge < -0.3 is 15.6 Å². The van der Waals surface area contributed by atoms with Gasteiger partial charge in [0.2, 0.25) is 0 Å². The van der Waals surface area contributed by atoms with Gasteiger partial charge in [-0.2, -0.15) is 0 Å². The number of esters is 1. The van der Waals surface area contributed by atoms with Crippen LogP contribution in [0, 0.1) is 5.92 Å². The predicted octanol–water partition coefficient (Wildman–Crippen LogP) is 0.428. The quantitative estimate of drug-likeness (QED) is 0.649. The molecule has 0 saturated heterocycles. The van der Waals surface area contributed by atoms with Gasteiger partial charge in [0, 0.05) is 0 Å². The molecule has 0 aliphatic heterocycles. The molecule has 0 heterocycles. The van der Waals surface area contributed by atoms with E-state index in [1.54, 1.807) is 0 Å². The molecular formula is C10H19NO3. The summed E-state index contributed by atoms with van der Waals surface area (Å²) < 4.78 is 4.50. The van der Waals surface area contributed by atoms with Crippen LogP contribution in [0.1, 0.15) is 32.1 Å². The molecule has 1 saturated carbocycles. The Bertz CT molecular complexity index is 190. The molecule has 0 amide bonds. The van der Waals surface area contributed by atoms with Crippen LogP contribution in [0.3, 0.4) is 0 Å². The van der Waals surface area contributed by atoms with Gasteiger partial charge in [-0.15, -0.1) is 0 Å². The largest absolute Gasteiger partial charge is 0.468 e. The lowest BCUT2D eigenvalue weighted by Gasteiger charge is -2.28. The van der Waals surface area contributed by atoms with E-state index in [-0.39, 0.29) is 5.92 Å². The van der Waals surface area contributed by atoms with Crippen LogP contribution in [0.2, 0.25) is 0 Å². The first-order valence-corrected chi connectivity index (χ1v) is 5.18. The molecule has 3 N–H and O–H groups in total. The summed E-state index contributed by atoms with van der Waals surface area (Å²) in [6.45, 7) is 0. The normalized spacial score (nSPS) is 22.8. The number of carbonyl (C=O) groups excluding carboxylic acids is 1. The Labute approximate surface area is 84.4 Å². The number of methoxy groups -OCH3 is 1. The van der Waals surface area contributed by atoms with Gasteiger partial charge in [0.1, 0.15) is 6.04 Å². The molecule has 1 rings (SSSR count). The third kappa shape index (κ3) is 2.69. The highest BCUT2D eigenvalue weighted by Crippen LogP contribution is 2.27. The Kier molecular flexibility index (Phi) is 4.35. The number of carbonyl (C=O) groups is 1. The van der Waals surface area contributed by atoms with Crippen LogP contribution in [0.15, 0.2) is 0 Å². The molecule has 14 heavy (non-hydrogen) atoms. The zero-order chi connectivity index (χ0) is 10.6. The number of aliphatic hydroxyl groups is 1. The van der Waals surface area contributed by atoms with E-state index in [0.29, 0.717) is 0 Å². The van der Waals surface area contributed by atoms with Crippen molar-refractivity contribution < 1.29 is 14.6 Å². The zero-order valence-electron chi connectivity index (χ0n) is 8.61. The first kappa shape index (κ1) is 11.5. The van der Waals surface area contributed by atoms with E-state index in [9.17, 15) is 9.90 Å². The molecule has 0 radical (unpaired) electrons. The van der Waals surface area contributed by atoms with Crippen LogP contribution in [-0.2, 0) is 9.53 Å². The molecule has 82 valence electrons. The molecule has 0 unspecified atom stereocenters. The van der Waals surface area contributed by atoms with Crippen LogP contribution >= 0.6 is 0 Å². The number of ether oxygens (including phenoxy) is 1. The average molecular weight is 201 g/mol. The summed E-state index contributed by atoms with van der Waals surface area (Å²) in [6, 6.07) is -0.886. The number of rotatable bonds is 3. The second-order valence-corrected chi connectivity index (χ2v) is 3.94. The molecule has 4 nitrogen and oxygen atoms in total. The highest BCUT2D eigenvalue weighted by molar-refractivity contribution is 5.76. The predicted molar refractivity (Wildman–Crippen MR) is 52.6 cm³/mol. The molecule has 0 aromatic rings. The fourth-order valence-electron chi connectivity index (χ4n) is 2.04. The van der Waals surface area contributed by atoms with Gasteiger partial charge >= 0.3 is 5.97 Å². The van der Waals surface area contributed by atoms with E-state index in [4.69, 9.17) is 5.73 Å². The smallest absolute Gasteiger partial charge is 0.325 e. The first-order chi connectivity index (χ1) is 6.66. The molecule has 1 aliphatic rings. The Morgan fingerprint density at radius 3 is 2.50 bits per heavy atom. The van der Waals surface area contributed by atoms with Crippen molar-refractivity contribution in [2.75, 3.05) is 7.11 Å². The van der Waals surface area contributed by atoms with Gasteiger partial charge in [-0.3, -0.25) is 4.79 Å². The van der Waals surface area contributed by atoms with Gasteiger partial charge in [0.25, 0.3) is 0 Å². The van der Waals surface area contributed by atoms with Crippen molar-refractivity contribution in [3.05, 3.63) is 0 Å². The Morgan fingerprint density at radius 1 is 1.43 bits per heavy atom. The molecule has 0 aromatic heterocycles. The van der Waals surface area contributed by atoms with Crippen LogP contribution in [0.25, 0.3) is 0 Å². The first-order valence-electron chi connectivity index (χ1n) is 5.18. The van der Waals surface area contributed by atoms with Crippen molar-refractivity contribution >= 4 is 5.97 Å². The Morgan fingerprint density at radius 2 is 2.00 bits per heavy atom. The van der Waals surface area contributed by atoms with Crippen molar-refractivity contribution in [1.29, 1.82) is 0 Å². The van der Waals surface area contributed by atoms with Gasteiger partial charge in [-0.05, 0) is 18.8 Å². The van der Waals surface area contributed by atoms with Crippen molar-refractivity contribution in [1.82, 2.24) is 0 Å². The van der Waals surface area contributed by atoms with E-state index in [2.05, 4.69) is 4.74 Å². The van der Waals surface area contributed by atoms with E-state index < -0.39 is 18.1 Å². The Hall–Kier alpha value is -0.610. The summed E-state index contributed by atoms with van der Waals surface area (Å²) in [5, 5.41) is 9.82. The number of nitrogens with two attached hydrogens (primary N) is 1. The van der Waals surface area contributed by atoms with E-state index >= 15 is 0 Å². The van der Waals surface area contributed by atoms with Gasteiger partial charge in [0.15, 0.2) is 0 Å². The monoisotopic (exact) mass is 201 g/mol. The van der Waals surface area contributed by atoms with Crippen LogP contribution in [-0.4, -0.2) is 30.3 Å². The number of hydrogen-bond acceptors (Lipinski definition) is 4. The molecule has 0 bridgehead atoms. The van der Waals surface area contributed by atoms with E-state index in [1.165, 1.54) is 13.5 Å². The van der Waals surface area contributed by atoms with Crippen molar-refractivity contribution in [3.8, 4) is 0 Å². The summed E-state index contributed by atoms with van der Waals surface area (Å²) in [5.41, 5.74) is 5.58. The van der Waals surface area contributed by atoms with Crippen LogP contribution < -0.4 is 5.73 Å². The molecule has 1 fully saturated rings. The maximum Gasteiger partial charge on any atom is 0.325 e. The number of aliphatic hydroxyl groups excluding tert-OH is 1. The van der Waals surface area contributed by atoms with Gasteiger partial charge in [0.05, 0.1) is 13.2 Å². The summed E-state index contributed by atoms with van der Waals surface area (Å²) in [7, 11) is 1.29. The topological polar surface area (TPSA) is 72.5 Å². The molecule has 1 aliphatic carbocycles. The summed E-state index contributed by atoms with van der Waals surface area (Å²) >= 11 is 0. The minimum atomic E-state index is -0.886. The maximum absolute atomic E-state index is 11.1. The van der Waals surface area contributed by atoms with Crippen LogP contribution in [0.5, 0.6) is 0 Å². The molecule has 2 atom stereocenters. The van der Waals surface area contributed by atoms with Gasteiger partial charge in [-0.1, -0.05) is 19.3 Å². The fourth-order valence-corrected chi connectivity index (χ4v) is 2.04. The van der Waals surface area contributed by atoms with Crippen molar-refractivity contribution in [2.45, 2.75) is 44.2 Å². The van der Waals surface area contributed by atoms with E-state index in [0.717, 1.165) is 25.7 Å². The lowest BCUT2D eigenvalue weighted by molar-refractivity contribution is -0.146. The van der Waals surface area contributed by atoms with E-state index in [1.807, 2.05) is 0 Å². The van der Waals surface area contributed by atoms with Crippen molar-refractivity contribution in [2.24, 2.45) is 11.7 Å². The average Bonchev–Trinajstić information content (AvgIpc) is 2.27. The maximum atomic E-state index is 11.1. The van der Waals surface area contributed by atoms with Crippen LogP contribution in [0.4, 0.5) is 0 Å². The molecular weight excluding hydrogens is 182 g/mol. The summed E-state index contributed by atoms with van der Waals surface area (Å²) in [5.74, 6) is -0.360. The van der Waals surface area contributed by atoms with Crippen molar-refractivity contribution in [3.63, 3.8) is 0 Å². The molecule has 0 aromatic carbocycles. The molecule has 0 spiro atoms. The summed E-state index contributed by atoms with van der Waals surface area (Å²) in [4.78, 5) is 11.1. The highest BCUT2D eigenvalue weighted by atomic mass is 16.5. The second kappa shape index (κ2) is 5.32. The SMILES string of the molecule is COC(=O)[C@@H](N)[C@@H](O)C1CCCCC1. The summed E-state index contributed by atoms with van der Waals surface area (Å²) in [6.07, 6.45) is 4.64. The fraction of sp³-hybridized carbons (Fsp3) is 0.900. The third-order valence-corrected chi connectivity index (χ3v) is 2.97. The number of hydrogen-bond donors (Lipinski definition) is 2. The standard InChI is InChI=1S/C10H19NO3/c1-14-10(13)8(11)9(12)7-5-3-2-4-6-7/h7-9,12H,2-6,11H2,1H3/t8-,9-/m0/s1. The Balaban J connectivity index is 2.45. The second-order valence-electron chi connectivity index (χ2n) is 3.94. The third-order valence-electron chi connectivity index (χ3n) is 2.97. The molecule has 4 heteroatoms. The zero-order valence-corrected chi connectivity index (χ0v) is 8.61. The minimum absolute atomic E-state index is 0.165. The minimum Gasteiger partial charge on any atom is -0.468 e. The van der Waals surface area contributed by atoms with Gasteiger partial charge in [-0.25, -0.2) is 0 Å². The lowest BCUT2D eigenvalue weighted by atomic mass is 9.83.